The van der Waals surface area contributed by atoms with E-state index in [2.05, 4.69) is 11.8 Å². The third-order valence-corrected chi connectivity index (χ3v) is 6.37. The van der Waals surface area contributed by atoms with Gasteiger partial charge in [-0.05, 0) is 50.7 Å². The van der Waals surface area contributed by atoms with Crippen LogP contribution in [-0.4, -0.2) is 50.3 Å². The molecule has 7 heteroatoms. The van der Waals surface area contributed by atoms with Crippen LogP contribution >= 0.6 is 11.6 Å². The van der Waals surface area contributed by atoms with Crippen molar-refractivity contribution in [2.75, 3.05) is 32.4 Å². The highest BCUT2D eigenvalue weighted by Gasteiger charge is 2.31. The zero-order chi connectivity index (χ0) is 15.6. The SMILES string of the molecule is CCN1CCC(N(C)S(=O)(=O)c2ccc(Cl)cc2N)CC1. The molecular formula is C14H22ClN3O2S. The molecule has 2 N–H and O–H groups in total. The van der Waals surface area contributed by atoms with Crippen LogP contribution < -0.4 is 5.73 Å². The van der Waals surface area contributed by atoms with Crippen molar-refractivity contribution in [2.24, 2.45) is 0 Å². The molecule has 1 saturated heterocycles. The van der Waals surface area contributed by atoms with Crippen molar-refractivity contribution in [2.45, 2.75) is 30.7 Å². The summed E-state index contributed by atoms with van der Waals surface area (Å²) in [7, 11) is -1.94. The molecule has 21 heavy (non-hydrogen) atoms. The smallest absolute Gasteiger partial charge is 0.245 e. The number of likely N-dealkylation sites (tertiary alicyclic amines) is 1. The first-order valence-corrected chi connectivity index (χ1v) is 8.93. The highest BCUT2D eigenvalue weighted by atomic mass is 35.5. The van der Waals surface area contributed by atoms with Crippen LogP contribution in [0.2, 0.25) is 5.02 Å². The zero-order valence-electron chi connectivity index (χ0n) is 12.4. The molecule has 0 saturated carbocycles. The lowest BCUT2D eigenvalue weighted by Crippen LogP contribution is -2.45. The predicted octanol–water partition coefficient (Wildman–Crippen LogP) is 2.03. The van der Waals surface area contributed by atoms with Crippen molar-refractivity contribution in [1.82, 2.24) is 9.21 Å². The van der Waals surface area contributed by atoms with Crippen molar-refractivity contribution in [3.8, 4) is 0 Å². The van der Waals surface area contributed by atoms with Crippen molar-refractivity contribution in [3.63, 3.8) is 0 Å². The van der Waals surface area contributed by atoms with Gasteiger partial charge in [-0.15, -0.1) is 0 Å². The molecule has 0 radical (unpaired) electrons. The molecule has 0 aromatic heterocycles. The van der Waals surface area contributed by atoms with E-state index in [1.807, 2.05) is 0 Å². The van der Waals surface area contributed by atoms with E-state index in [0.29, 0.717) is 5.02 Å². The van der Waals surface area contributed by atoms with Gasteiger partial charge in [-0.1, -0.05) is 18.5 Å². The molecule has 0 atom stereocenters. The second-order valence-corrected chi connectivity index (χ2v) is 7.77. The summed E-state index contributed by atoms with van der Waals surface area (Å²) < 4.78 is 26.9. The number of halogens is 1. The van der Waals surface area contributed by atoms with Crippen LogP contribution in [0.1, 0.15) is 19.8 Å². The number of nitrogens with zero attached hydrogens (tertiary/aromatic N) is 2. The topological polar surface area (TPSA) is 66.6 Å². The number of anilines is 1. The summed E-state index contributed by atoms with van der Waals surface area (Å²) in [6.45, 7) is 4.98. The number of hydrogen-bond acceptors (Lipinski definition) is 4. The van der Waals surface area contributed by atoms with Crippen molar-refractivity contribution < 1.29 is 8.42 Å². The van der Waals surface area contributed by atoms with Crippen molar-refractivity contribution >= 4 is 27.3 Å². The van der Waals surface area contributed by atoms with E-state index in [9.17, 15) is 8.42 Å². The number of hydrogen-bond donors (Lipinski definition) is 1. The maximum atomic E-state index is 12.7. The Labute approximate surface area is 131 Å². The highest BCUT2D eigenvalue weighted by Crippen LogP contribution is 2.28. The first kappa shape index (κ1) is 16.5. The minimum absolute atomic E-state index is 0.0212. The fourth-order valence-corrected chi connectivity index (χ4v) is 4.40. The Kier molecular flexibility index (Phi) is 5.14. The van der Waals surface area contributed by atoms with Crippen LogP contribution in [-0.2, 0) is 10.0 Å². The monoisotopic (exact) mass is 331 g/mol. The maximum absolute atomic E-state index is 12.7. The van der Waals surface area contributed by atoms with E-state index >= 15 is 0 Å². The summed E-state index contributed by atoms with van der Waals surface area (Å²) in [5, 5.41) is 0.436. The molecular weight excluding hydrogens is 310 g/mol. The number of nitrogens with two attached hydrogens (primary N) is 1. The molecule has 1 aromatic carbocycles. The van der Waals surface area contributed by atoms with E-state index < -0.39 is 10.0 Å². The zero-order valence-corrected chi connectivity index (χ0v) is 14.0. The van der Waals surface area contributed by atoms with E-state index in [1.165, 1.54) is 16.4 Å². The van der Waals surface area contributed by atoms with Gasteiger partial charge in [0.2, 0.25) is 10.0 Å². The van der Waals surface area contributed by atoms with E-state index in [4.69, 9.17) is 17.3 Å². The fourth-order valence-electron chi connectivity index (χ4n) is 2.70. The number of rotatable bonds is 4. The number of piperidine rings is 1. The van der Waals surface area contributed by atoms with E-state index in [-0.39, 0.29) is 16.6 Å². The summed E-state index contributed by atoms with van der Waals surface area (Å²) in [5.74, 6) is 0. The lowest BCUT2D eigenvalue weighted by molar-refractivity contribution is 0.176. The van der Waals surface area contributed by atoms with Crippen LogP contribution in [0.5, 0.6) is 0 Å². The van der Waals surface area contributed by atoms with Gasteiger partial charge in [-0.25, -0.2) is 8.42 Å². The Balaban J connectivity index is 2.19. The van der Waals surface area contributed by atoms with Gasteiger partial charge in [0.15, 0.2) is 0 Å². The summed E-state index contributed by atoms with van der Waals surface area (Å²) in [5.41, 5.74) is 6.01. The summed E-state index contributed by atoms with van der Waals surface area (Å²) in [6.07, 6.45) is 1.69. The first-order chi connectivity index (χ1) is 9.86. The Morgan fingerprint density at radius 3 is 2.52 bits per heavy atom. The average Bonchev–Trinajstić information content (AvgIpc) is 2.46. The molecule has 2 rings (SSSR count). The Bertz CT molecular complexity index is 598. The average molecular weight is 332 g/mol. The van der Waals surface area contributed by atoms with Gasteiger partial charge in [0.05, 0.1) is 5.69 Å². The van der Waals surface area contributed by atoms with Gasteiger partial charge in [-0.2, -0.15) is 4.31 Å². The lowest BCUT2D eigenvalue weighted by atomic mass is 10.1. The summed E-state index contributed by atoms with van der Waals surface area (Å²) in [4.78, 5) is 2.46. The van der Waals surface area contributed by atoms with Crippen molar-refractivity contribution in [1.29, 1.82) is 0 Å². The molecule has 1 heterocycles. The molecule has 1 aliphatic heterocycles. The minimum Gasteiger partial charge on any atom is -0.398 e. The molecule has 0 amide bonds. The van der Waals surface area contributed by atoms with Crippen LogP contribution in [0.25, 0.3) is 0 Å². The molecule has 1 aliphatic rings. The van der Waals surface area contributed by atoms with E-state index in [1.54, 1.807) is 13.1 Å². The quantitative estimate of drug-likeness (QED) is 0.857. The molecule has 118 valence electrons. The fraction of sp³-hybridized carbons (Fsp3) is 0.571. The minimum atomic E-state index is -3.58. The second-order valence-electron chi connectivity index (χ2n) is 5.37. The standard InChI is InChI=1S/C14H22ClN3O2S/c1-3-18-8-6-12(7-9-18)17(2)21(19,20)14-5-4-11(15)10-13(14)16/h4-5,10,12H,3,6-9,16H2,1-2H3. The molecule has 0 unspecified atom stereocenters. The first-order valence-electron chi connectivity index (χ1n) is 7.11. The van der Waals surface area contributed by atoms with Crippen LogP contribution in [0.15, 0.2) is 23.1 Å². The number of benzene rings is 1. The van der Waals surface area contributed by atoms with Gasteiger partial charge in [0.1, 0.15) is 4.90 Å². The highest BCUT2D eigenvalue weighted by molar-refractivity contribution is 7.89. The Morgan fingerprint density at radius 2 is 2.00 bits per heavy atom. The van der Waals surface area contributed by atoms with Crippen LogP contribution in [0, 0.1) is 0 Å². The number of nitrogen functional groups attached to an aromatic ring is 1. The molecule has 0 bridgehead atoms. The van der Waals surface area contributed by atoms with Gasteiger partial charge >= 0.3 is 0 Å². The van der Waals surface area contributed by atoms with Crippen LogP contribution in [0.4, 0.5) is 5.69 Å². The third kappa shape index (κ3) is 3.51. The summed E-state index contributed by atoms with van der Waals surface area (Å²) >= 11 is 5.83. The van der Waals surface area contributed by atoms with Gasteiger partial charge < -0.3 is 10.6 Å². The van der Waals surface area contributed by atoms with Gasteiger partial charge in [-0.3, -0.25) is 0 Å². The lowest BCUT2D eigenvalue weighted by Gasteiger charge is -2.35. The van der Waals surface area contributed by atoms with Gasteiger partial charge in [0.25, 0.3) is 0 Å². The van der Waals surface area contributed by atoms with Crippen LogP contribution in [0.3, 0.4) is 0 Å². The molecule has 0 aliphatic carbocycles. The predicted molar refractivity (Wildman–Crippen MR) is 85.9 cm³/mol. The summed E-state index contributed by atoms with van der Waals surface area (Å²) in [6, 6.07) is 4.53. The van der Waals surface area contributed by atoms with Gasteiger partial charge in [0, 0.05) is 18.1 Å². The maximum Gasteiger partial charge on any atom is 0.245 e. The Morgan fingerprint density at radius 1 is 1.38 bits per heavy atom. The van der Waals surface area contributed by atoms with E-state index in [0.717, 1.165) is 32.5 Å². The normalized spacial score (nSPS) is 18.3. The molecule has 5 nitrogen and oxygen atoms in total. The second kappa shape index (κ2) is 6.52. The molecule has 1 fully saturated rings. The molecule has 1 aromatic rings. The Hall–Kier alpha value is -0.820. The van der Waals surface area contributed by atoms with Crippen molar-refractivity contribution in [3.05, 3.63) is 23.2 Å². The number of sulfonamides is 1. The third-order valence-electron chi connectivity index (χ3n) is 4.15. The molecule has 0 spiro atoms. The largest absolute Gasteiger partial charge is 0.398 e.